The van der Waals surface area contributed by atoms with Crippen LogP contribution < -0.4 is 0 Å². The Morgan fingerprint density at radius 1 is 0.950 bits per heavy atom. The van der Waals surface area contributed by atoms with Crippen molar-refractivity contribution in [3.63, 3.8) is 0 Å². The molecule has 0 heterocycles. The highest BCUT2D eigenvalue weighted by molar-refractivity contribution is 6.31. The van der Waals surface area contributed by atoms with Crippen molar-refractivity contribution in [3.8, 4) is 0 Å². The molecule has 0 spiro atoms. The fourth-order valence-corrected chi connectivity index (χ4v) is 2.65. The highest BCUT2D eigenvalue weighted by Gasteiger charge is 2.13. The van der Waals surface area contributed by atoms with E-state index in [4.69, 9.17) is 23.2 Å². The zero-order valence-corrected chi connectivity index (χ0v) is 12.3. The number of alkyl halides is 1. The van der Waals surface area contributed by atoms with E-state index in [1.165, 1.54) is 12.1 Å². The average Bonchev–Trinajstić information content (AvgIpc) is 2.39. The number of hydrogen-bond donors (Lipinski definition) is 0. The van der Waals surface area contributed by atoms with Crippen LogP contribution >= 0.6 is 23.2 Å². The third-order valence-electron chi connectivity index (χ3n) is 3.13. The molecule has 106 valence electrons. The number of halogens is 4. The fourth-order valence-electron chi connectivity index (χ4n) is 2.22. The van der Waals surface area contributed by atoms with E-state index in [-0.39, 0.29) is 5.92 Å². The van der Waals surface area contributed by atoms with Crippen LogP contribution in [0.5, 0.6) is 0 Å². The predicted molar refractivity (Wildman–Crippen MR) is 79.4 cm³/mol. The highest BCUT2D eigenvalue weighted by Crippen LogP contribution is 2.22. The van der Waals surface area contributed by atoms with Crippen molar-refractivity contribution in [2.75, 3.05) is 5.88 Å². The van der Waals surface area contributed by atoms with Crippen molar-refractivity contribution in [1.82, 2.24) is 0 Å². The minimum Gasteiger partial charge on any atom is -0.207 e. The summed E-state index contributed by atoms with van der Waals surface area (Å²) >= 11 is 12.1. The predicted octanol–water partition coefficient (Wildman–Crippen LogP) is 5.26. The third-order valence-corrected chi connectivity index (χ3v) is 3.94. The first-order valence-electron chi connectivity index (χ1n) is 6.33. The van der Waals surface area contributed by atoms with Crippen LogP contribution in [0.4, 0.5) is 8.78 Å². The Morgan fingerprint density at radius 3 is 2.20 bits per heavy atom. The van der Waals surface area contributed by atoms with E-state index in [9.17, 15) is 8.78 Å². The third kappa shape index (κ3) is 4.19. The van der Waals surface area contributed by atoms with Gasteiger partial charge in [-0.25, -0.2) is 8.78 Å². The molecule has 4 heteroatoms. The maximum absolute atomic E-state index is 13.2. The van der Waals surface area contributed by atoms with E-state index >= 15 is 0 Å². The lowest BCUT2D eigenvalue weighted by Gasteiger charge is -2.15. The van der Waals surface area contributed by atoms with Crippen molar-refractivity contribution in [2.45, 2.75) is 12.8 Å². The fraction of sp³-hybridized carbons (Fsp3) is 0.250. The Bertz CT molecular complexity index is 564. The van der Waals surface area contributed by atoms with E-state index in [1.807, 2.05) is 24.3 Å². The van der Waals surface area contributed by atoms with Crippen molar-refractivity contribution >= 4 is 23.2 Å². The molecule has 20 heavy (non-hydrogen) atoms. The molecule has 0 bridgehead atoms. The van der Waals surface area contributed by atoms with Crippen molar-refractivity contribution in [3.05, 3.63) is 70.2 Å². The molecule has 0 aliphatic carbocycles. The van der Waals surface area contributed by atoms with Gasteiger partial charge < -0.3 is 0 Å². The lowest BCUT2D eigenvalue weighted by molar-refractivity contribution is 0.557. The topological polar surface area (TPSA) is 0 Å². The molecule has 0 aromatic heterocycles. The second-order valence-electron chi connectivity index (χ2n) is 4.80. The van der Waals surface area contributed by atoms with E-state index in [0.717, 1.165) is 11.6 Å². The zero-order chi connectivity index (χ0) is 14.5. The summed E-state index contributed by atoms with van der Waals surface area (Å²) in [5, 5.41) is 0.688. The van der Waals surface area contributed by atoms with E-state index in [2.05, 4.69) is 0 Å². The molecule has 0 nitrogen and oxygen atoms in total. The molecular formula is C16H14Cl2F2. The number of benzene rings is 2. The summed E-state index contributed by atoms with van der Waals surface area (Å²) in [6.45, 7) is 0. The van der Waals surface area contributed by atoms with Crippen molar-refractivity contribution in [2.24, 2.45) is 5.92 Å². The van der Waals surface area contributed by atoms with Gasteiger partial charge in [-0.15, -0.1) is 11.6 Å². The van der Waals surface area contributed by atoms with Crippen LogP contribution in [-0.2, 0) is 12.8 Å². The van der Waals surface area contributed by atoms with Gasteiger partial charge in [-0.1, -0.05) is 29.8 Å². The molecule has 1 atom stereocenters. The van der Waals surface area contributed by atoms with Gasteiger partial charge in [0.1, 0.15) is 11.6 Å². The van der Waals surface area contributed by atoms with Crippen LogP contribution in [0, 0.1) is 17.6 Å². The zero-order valence-electron chi connectivity index (χ0n) is 10.8. The molecule has 2 aromatic carbocycles. The van der Waals surface area contributed by atoms with Crippen LogP contribution in [0.1, 0.15) is 11.1 Å². The molecule has 0 aliphatic rings. The van der Waals surface area contributed by atoms with Gasteiger partial charge in [0.25, 0.3) is 0 Å². The molecule has 0 radical (unpaired) electrons. The second-order valence-corrected chi connectivity index (χ2v) is 5.51. The first-order chi connectivity index (χ1) is 9.58. The van der Waals surface area contributed by atoms with Crippen LogP contribution in [-0.4, -0.2) is 5.88 Å². The largest absolute Gasteiger partial charge is 0.207 e. The van der Waals surface area contributed by atoms with Gasteiger partial charge in [-0.05, 0) is 48.1 Å². The Hall–Kier alpha value is -1.12. The van der Waals surface area contributed by atoms with E-state index in [1.54, 1.807) is 0 Å². The number of hydrogen-bond acceptors (Lipinski definition) is 0. The maximum atomic E-state index is 13.2. The SMILES string of the molecule is Fc1cc(F)cc(CC(CCl)Cc2ccccc2Cl)c1. The summed E-state index contributed by atoms with van der Waals surface area (Å²) in [5.74, 6) is -0.640. The van der Waals surface area contributed by atoms with Gasteiger partial charge in [-0.3, -0.25) is 0 Å². The minimum atomic E-state index is -0.564. The molecule has 0 saturated carbocycles. The van der Waals surface area contributed by atoms with Crippen LogP contribution in [0.3, 0.4) is 0 Å². The summed E-state index contributed by atoms with van der Waals surface area (Å²) in [6, 6.07) is 11.1. The Labute approximate surface area is 127 Å². The Morgan fingerprint density at radius 2 is 1.60 bits per heavy atom. The Kier molecular flexibility index (Phi) is 5.38. The molecule has 2 aromatic rings. The van der Waals surface area contributed by atoms with Gasteiger partial charge in [0.15, 0.2) is 0 Å². The van der Waals surface area contributed by atoms with Gasteiger partial charge in [0, 0.05) is 17.0 Å². The Balaban J connectivity index is 2.11. The summed E-state index contributed by atoms with van der Waals surface area (Å²) in [5.41, 5.74) is 1.61. The standard InChI is InChI=1S/C16H14Cl2F2/c17-10-12(6-13-3-1-2-4-16(13)18)5-11-7-14(19)9-15(20)8-11/h1-4,7-9,12H,5-6,10H2. The first-order valence-corrected chi connectivity index (χ1v) is 7.24. The molecule has 0 N–H and O–H groups in total. The summed E-state index contributed by atoms with van der Waals surface area (Å²) in [4.78, 5) is 0. The van der Waals surface area contributed by atoms with Gasteiger partial charge in [0.05, 0.1) is 0 Å². The lowest BCUT2D eigenvalue weighted by atomic mass is 9.94. The maximum Gasteiger partial charge on any atom is 0.126 e. The monoisotopic (exact) mass is 314 g/mol. The molecule has 1 unspecified atom stereocenters. The summed E-state index contributed by atoms with van der Waals surface area (Å²) in [7, 11) is 0. The smallest absolute Gasteiger partial charge is 0.126 e. The minimum absolute atomic E-state index is 0.0813. The normalized spacial score (nSPS) is 12.4. The van der Waals surface area contributed by atoms with E-state index in [0.29, 0.717) is 29.3 Å². The molecular weight excluding hydrogens is 301 g/mol. The van der Waals surface area contributed by atoms with Gasteiger partial charge in [0.2, 0.25) is 0 Å². The quantitative estimate of drug-likeness (QED) is 0.660. The first kappa shape index (κ1) is 15.3. The summed E-state index contributed by atoms with van der Waals surface area (Å²) < 4.78 is 26.4. The van der Waals surface area contributed by atoms with E-state index < -0.39 is 11.6 Å². The highest BCUT2D eigenvalue weighted by atomic mass is 35.5. The van der Waals surface area contributed by atoms with Crippen LogP contribution in [0.25, 0.3) is 0 Å². The number of rotatable bonds is 5. The molecule has 2 rings (SSSR count). The average molecular weight is 315 g/mol. The second kappa shape index (κ2) is 7.05. The van der Waals surface area contributed by atoms with Crippen molar-refractivity contribution < 1.29 is 8.78 Å². The summed E-state index contributed by atoms with van der Waals surface area (Å²) in [6.07, 6.45) is 1.20. The van der Waals surface area contributed by atoms with Crippen LogP contribution in [0.2, 0.25) is 5.02 Å². The van der Waals surface area contributed by atoms with Gasteiger partial charge in [-0.2, -0.15) is 0 Å². The molecule has 0 amide bonds. The van der Waals surface area contributed by atoms with Gasteiger partial charge >= 0.3 is 0 Å². The molecule has 0 fully saturated rings. The lowest BCUT2D eigenvalue weighted by Crippen LogP contribution is -2.11. The molecule has 0 saturated heterocycles. The molecule has 0 aliphatic heterocycles. The van der Waals surface area contributed by atoms with Crippen LogP contribution in [0.15, 0.2) is 42.5 Å². The van der Waals surface area contributed by atoms with Crippen molar-refractivity contribution in [1.29, 1.82) is 0 Å².